The van der Waals surface area contributed by atoms with Crippen molar-refractivity contribution < 1.29 is 4.92 Å². The smallest absolute Gasteiger partial charge is 0.288 e. The fourth-order valence-corrected chi connectivity index (χ4v) is 3.54. The van der Waals surface area contributed by atoms with Crippen molar-refractivity contribution in [3.05, 3.63) is 38.9 Å². The van der Waals surface area contributed by atoms with Gasteiger partial charge in [0, 0.05) is 57.9 Å². The molecule has 120 valence electrons. The van der Waals surface area contributed by atoms with Gasteiger partial charge < -0.3 is 5.32 Å². The van der Waals surface area contributed by atoms with Gasteiger partial charge in [0.05, 0.1) is 4.92 Å². The molecule has 0 spiro atoms. The van der Waals surface area contributed by atoms with Gasteiger partial charge in [-0.25, -0.2) is 0 Å². The molecule has 0 aliphatic carbocycles. The Labute approximate surface area is 135 Å². The van der Waals surface area contributed by atoms with E-state index in [4.69, 9.17) is 11.6 Å². The molecule has 0 radical (unpaired) electrons. The van der Waals surface area contributed by atoms with Gasteiger partial charge in [-0.05, 0) is 18.1 Å². The highest BCUT2D eigenvalue weighted by Crippen LogP contribution is 2.26. The van der Waals surface area contributed by atoms with Gasteiger partial charge in [-0.15, -0.1) is 0 Å². The molecule has 1 unspecified atom stereocenters. The van der Waals surface area contributed by atoms with Crippen molar-refractivity contribution in [3.63, 3.8) is 0 Å². The lowest BCUT2D eigenvalue weighted by atomic mass is 10.2. The van der Waals surface area contributed by atoms with E-state index >= 15 is 0 Å². The fourth-order valence-electron chi connectivity index (χ4n) is 3.36. The first kappa shape index (κ1) is 15.7. The third-order valence-corrected chi connectivity index (χ3v) is 4.85. The van der Waals surface area contributed by atoms with E-state index in [2.05, 4.69) is 15.1 Å². The zero-order valence-electron chi connectivity index (χ0n) is 12.5. The SMILES string of the molecule is O=[N+]([O-])c1cc(CN2CCC(N3CCNCC3)C2)ccc1Cl. The van der Waals surface area contributed by atoms with Gasteiger partial charge >= 0.3 is 0 Å². The van der Waals surface area contributed by atoms with Gasteiger partial charge in [0.25, 0.3) is 5.69 Å². The number of nitro groups is 1. The lowest BCUT2D eigenvalue weighted by molar-refractivity contribution is -0.384. The molecule has 0 amide bonds. The summed E-state index contributed by atoms with van der Waals surface area (Å²) in [6, 6.07) is 5.72. The topological polar surface area (TPSA) is 61.7 Å². The van der Waals surface area contributed by atoms with Gasteiger partial charge in [0.15, 0.2) is 0 Å². The highest BCUT2D eigenvalue weighted by atomic mass is 35.5. The Morgan fingerprint density at radius 2 is 2.09 bits per heavy atom. The summed E-state index contributed by atoms with van der Waals surface area (Å²) in [5, 5.41) is 14.5. The molecule has 1 N–H and O–H groups in total. The molecule has 7 heteroatoms. The van der Waals surface area contributed by atoms with Gasteiger partial charge in [-0.2, -0.15) is 0 Å². The van der Waals surface area contributed by atoms with Crippen LogP contribution >= 0.6 is 11.6 Å². The van der Waals surface area contributed by atoms with Gasteiger partial charge in [0.1, 0.15) is 5.02 Å². The zero-order valence-corrected chi connectivity index (χ0v) is 13.3. The quantitative estimate of drug-likeness (QED) is 0.675. The normalized spacial score (nSPS) is 23.8. The molecule has 2 heterocycles. The number of nitrogens with zero attached hydrogens (tertiary/aromatic N) is 3. The minimum absolute atomic E-state index is 0.00276. The summed E-state index contributed by atoms with van der Waals surface area (Å²) in [7, 11) is 0. The van der Waals surface area contributed by atoms with Crippen LogP contribution in [0.5, 0.6) is 0 Å². The standard InChI is InChI=1S/C15H21ClN4O2/c16-14-2-1-12(9-15(14)20(21)22)10-18-6-3-13(11-18)19-7-4-17-5-8-19/h1-2,9,13,17H,3-8,10-11H2. The molecule has 3 rings (SSSR count). The van der Waals surface area contributed by atoms with Crippen molar-refractivity contribution in [3.8, 4) is 0 Å². The van der Waals surface area contributed by atoms with Crippen LogP contribution in [0.25, 0.3) is 0 Å². The largest absolute Gasteiger partial charge is 0.314 e. The molecule has 6 nitrogen and oxygen atoms in total. The number of nitro benzene ring substituents is 1. The molecule has 2 aliphatic rings. The van der Waals surface area contributed by atoms with Crippen LogP contribution in [0.15, 0.2) is 18.2 Å². The second-order valence-electron chi connectivity index (χ2n) is 6.01. The summed E-state index contributed by atoms with van der Waals surface area (Å²) in [5.41, 5.74) is 0.953. The van der Waals surface area contributed by atoms with E-state index in [1.165, 1.54) is 6.42 Å². The Hall–Kier alpha value is -1.21. The van der Waals surface area contributed by atoms with Crippen molar-refractivity contribution in [2.24, 2.45) is 0 Å². The van der Waals surface area contributed by atoms with Crippen molar-refractivity contribution in [2.75, 3.05) is 39.3 Å². The number of benzene rings is 1. The summed E-state index contributed by atoms with van der Waals surface area (Å²) >= 11 is 5.86. The molecule has 1 aromatic carbocycles. The number of hydrogen-bond donors (Lipinski definition) is 1. The van der Waals surface area contributed by atoms with Crippen LogP contribution in [0.2, 0.25) is 5.02 Å². The fraction of sp³-hybridized carbons (Fsp3) is 0.600. The lowest BCUT2D eigenvalue weighted by Gasteiger charge is -2.32. The van der Waals surface area contributed by atoms with Crippen molar-refractivity contribution in [1.29, 1.82) is 0 Å². The van der Waals surface area contributed by atoms with E-state index < -0.39 is 4.92 Å². The highest BCUT2D eigenvalue weighted by molar-refractivity contribution is 6.32. The molecular weight excluding hydrogens is 304 g/mol. The summed E-state index contributed by atoms with van der Waals surface area (Å²) in [6.45, 7) is 7.21. The maximum absolute atomic E-state index is 11.0. The second kappa shape index (κ2) is 6.91. The Kier molecular flexibility index (Phi) is 4.93. The number of hydrogen-bond acceptors (Lipinski definition) is 5. The highest BCUT2D eigenvalue weighted by Gasteiger charge is 2.28. The predicted molar refractivity (Wildman–Crippen MR) is 86.2 cm³/mol. The number of halogens is 1. The van der Waals surface area contributed by atoms with E-state index in [0.717, 1.165) is 51.4 Å². The average Bonchev–Trinajstić information content (AvgIpc) is 2.98. The maximum atomic E-state index is 11.0. The molecule has 1 atom stereocenters. The number of rotatable bonds is 4. The summed E-state index contributed by atoms with van der Waals surface area (Å²) in [6.07, 6.45) is 1.18. The third-order valence-electron chi connectivity index (χ3n) is 4.53. The summed E-state index contributed by atoms with van der Waals surface area (Å²) in [4.78, 5) is 15.5. The number of nitrogens with one attached hydrogen (secondary N) is 1. The lowest BCUT2D eigenvalue weighted by Crippen LogP contribution is -2.49. The molecule has 0 aromatic heterocycles. The summed E-state index contributed by atoms with van der Waals surface area (Å²) in [5.74, 6) is 0. The Balaban J connectivity index is 1.60. The van der Waals surface area contributed by atoms with E-state index in [1.807, 2.05) is 6.07 Å². The third kappa shape index (κ3) is 3.57. The van der Waals surface area contributed by atoms with Crippen LogP contribution in [-0.4, -0.2) is 60.0 Å². The van der Waals surface area contributed by atoms with Gasteiger partial charge in [-0.3, -0.25) is 19.9 Å². The zero-order chi connectivity index (χ0) is 15.5. The maximum Gasteiger partial charge on any atom is 0.288 e. The Bertz CT molecular complexity index is 548. The minimum Gasteiger partial charge on any atom is -0.314 e. The molecule has 0 saturated carbocycles. The van der Waals surface area contributed by atoms with Crippen molar-refractivity contribution >= 4 is 17.3 Å². The van der Waals surface area contributed by atoms with Crippen LogP contribution in [0.1, 0.15) is 12.0 Å². The van der Waals surface area contributed by atoms with Crippen LogP contribution in [0, 0.1) is 10.1 Å². The van der Waals surface area contributed by atoms with Crippen molar-refractivity contribution in [1.82, 2.24) is 15.1 Å². The molecule has 1 aromatic rings. The van der Waals surface area contributed by atoms with E-state index in [9.17, 15) is 10.1 Å². The first-order valence-electron chi connectivity index (χ1n) is 7.73. The molecule has 2 aliphatic heterocycles. The average molecular weight is 325 g/mol. The summed E-state index contributed by atoms with van der Waals surface area (Å²) < 4.78 is 0. The van der Waals surface area contributed by atoms with Crippen LogP contribution in [0.4, 0.5) is 5.69 Å². The van der Waals surface area contributed by atoms with Crippen molar-refractivity contribution in [2.45, 2.75) is 19.0 Å². The molecule has 2 saturated heterocycles. The Morgan fingerprint density at radius 3 is 2.82 bits per heavy atom. The van der Waals surface area contributed by atoms with Crippen LogP contribution < -0.4 is 5.32 Å². The van der Waals surface area contributed by atoms with Gasteiger partial charge in [-0.1, -0.05) is 17.7 Å². The predicted octanol–water partition coefficient (Wildman–Crippen LogP) is 1.73. The molecular formula is C15H21ClN4O2. The molecule has 0 bridgehead atoms. The Morgan fingerprint density at radius 1 is 1.32 bits per heavy atom. The molecule has 2 fully saturated rings. The second-order valence-corrected chi connectivity index (χ2v) is 6.41. The first-order valence-corrected chi connectivity index (χ1v) is 8.11. The van der Waals surface area contributed by atoms with Gasteiger partial charge in [0.2, 0.25) is 0 Å². The van der Waals surface area contributed by atoms with Crippen LogP contribution in [-0.2, 0) is 6.54 Å². The van der Waals surface area contributed by atoms with E-state index in [0.29, 0.717) is 6.04 Å². The first-order chi connectivity index (χ1) is 10.6. The van der Waals surface area contributed by atoms with E-state index in [1.54, 1.807) is 12.1 Å². The molecule has 22 heavy (non-hydrogen) atoms. The van der Waals surface area contributed by atoms with E-state index in [-0.39, 0.29) is 10.7 Å². The number of likely N-dealkylation sites (tertiary alicyclic amines) is 1. The number of piperazine rings is 1. The monoisotopic (exact) mass is 324 g/mol. The van der Waals surface area contributed by atoms with Crippen LogP contribution in [0.3, 0.4) is 0 Å². The minimum atomic E-state index is -0.417.